The molecule has 2 rings (SSSR count). The third-order valence-corrected chi connectivity index (χ3v) is 3.19. The van der Waals surface area contributed by atoms with Crippen molar-refractivity contribution in [3.8, 4) is 0 Å². The van der Waals surface area contributed by atoms with Gasteiger partial charge in [0.05, 0.1) is 5.56 Å². The largest absolute Gasteiger partial charge is 0.478 e. The van der Waals surface area contributed by atoms with E-state index in [2.05, 4.69) is 30.2 Å². The quantitative estimate of drug-likeness (QED) is 0.882. The van der Waals surface area contributed by atoms with Crippen LogP contribution < -0.4 is 5.32 Å². The minimum Gasteiger partial charge on any atom is -0.478 e. The Balaban J connectivity index is 2.39. The lowest BCUT2D eigenvalue weighted by atomic mass is 9.98. The van der Waals surface area contributed by atoms with Gasteiger partial charge in [-0.15, -0.1) is 0 Å². The van der Waals surface area contributed by atoms with Crippen molar-refractivity contribution in [3.63, 3.8) is 0 Å². The molecule has 0 radical (unpaired) electrons. The van der Waals surface area contributed by atoms with E-state index in [-0.39, 0.29) is 5.56 Å². The molecule has 4 nitrogen and oxygen atoms in total. The lowest BCUT2D eigenvalue weighted by molar-refractivity contribution is 0.0697. The van der Waals surface area contributed by atoms with Crippen LogP contribution in [0.4, 0.5) is 11.5 Å². The lowest BCUT2D eigenvalue weighted by Crippen LogP contribution is -2.03. The number of anilines is 2. The van der Waals surface area contributed by atoms with Crippen LogP contribution in [0.2, 0.25) is 0 Å². The summed E-state index contributed by atoms with van der Waals surface area (Å²) in [7, 11) is 0. The van der Waals surface area contributed by atoms with Crippen LogP contribution in [0.1, 0.15) is 41.3 Å². The number of para-hydroxylation sites is 1. The van der Waals surface area contributed by atoms with Gasteiger partial charge in [-0.1, -0.05) is 32.0 Å². The normalized spacial score (nSPS) is 10.6. The van der Waals surface area contributed by atoms with Gasteiger partial charge in [-0.05, 0) is 36.1 Å². The van der Waals surface area contributed by atoms with Crippen LogP contribution in [0.25, 0.3) is 0 Å². The predicted molar refractivity (Wildman–Crippen MR) is 79.7 cm³/mol. The predicted octanol–water partition coefficient (Wildman–Crippen LogP) is 3.96. The number of nitrogens with zero attached hydrogens (tertiary/aromatic N) is 1. The number of nitrogens with one attached hydrogen (secondary N) is 1. The molecule has 4 heteroatoms. The smallest absolute Gasteiger partial charge is 0.335 e. The van der Waals surface area contributed by atoms with E-state index >= 15 is 0 Å². The van der Waals surface area contributed by atoms with Crippen LogP contribution in [0.5, 0.6) is 0 Å². The number of aromatic carboxylic acids is 1. The average molecular weight is 270 g/mol. The molecular weight excluding hydrogens is 252 g/mol. The minimum atomic E-state index is -0.954. The number of benzene rings is 1. The highest BCUT2D eigenvalue weighted by Crippen LogP contribution is 2.29. The van der Waals surface area contributed by atoms with E-state index in [9.17, 15) is 4.79 Å². The van der Waals surface area contributed by atoms with Crippen molar-refractivity contribution in [1.29, 1.82) is 0 Å². The fourth-order valence-electron chi connectivity index (χ4n) is 2.10. The molecule has 1 aromatic carbocycles. The summed E-state index contributed by atoms with van der Waals surface area (Å²) in [6.07, 6.45) is 1.50. The Morgan fingerprint density at radius 2 is 2.05 bits per heavy atom. The zero-order chi connectivity index (χ0) is 14.7. The van der Waals surface area contributed by atoms with Gasteiger partial charge in [-0.2, -0.15) is 0 Å². The molecule has 2 aromatic rings. The summed E-state index contributed by atoms with van der Waals surface area (Å²) in [5.41, 5.74) is 3.52. The maximum Gasteiger partial charge on any atom is 0.335 e. The van der Waals surface area contributed by atoms with E-state index in [0.717, 1.165) is 11.3 Å². The first kappa shape index (κ1) is 14.1. The molecule has 2 N–H and O–H groups in total. The van der Waals surface area contributed by atoms with E-state index in [1.807, 2.05) is 19.1 Å². The van der Waals surface area contributed by atoms with Gasteiger partial charge in [0.15, 0.2) is 0 Å². The number of hydrogen-bond donors (Lipinski definition) is 2. The topological polar surface area (TPSA) is 62.2 Å². The Morgan fingerprint density at radius 3 is 2.70 bits per heavy atom. The molecule has 0 spiro atoms. The SMILES string of the molecule is Cc1cccc(C(C)C)c1Nc1cc(C(=O)O)ccn1. The Hall–Kier alpha value is -2.36. The van der Waals surface area contributed by atoms with E-state index in [1.54, 1.807) is 6.07 Å². The maximum absolute atomic E-state index is 11.0. The van der Waals surface area contributed by atoms with Crippen molar-refractivity contribution in [2.75, 3.05) is 5.32 Å². The Labute approximate surface area is 118 Å². The highest BCUT2D eigenvalue weighted by atomic mass is 16.4. The first-order chi connectivity index (χ1) is 9.49. The van der Waals surface area contributed by atoms with Crippen molar-refractivity contribution in [3.05, 3.63) is 53.2 Å². The molecule has 1 aromatic heterocycles. The Bertz CT molecular complexity index is 636. The first-order valence-electron chi connectivity index (χ1n) is 6.55. The molecule has 20 heavy (non-hydrogen) atoms. The van der Waals surface area contributed by atoms with Gasteiger partial charge in [-0.3, -0.25) is 0 Å². The molecule has 104 valence electrons. The number of rotatable bonds is 4. The van der Waals surface area contributed by atoms with E-state index < -0.39 is 5.97 Å². The van der Waals surface area contributed by atoms with Crippen molar-refractivity contribution >= 4 is 17.5 Å². The first-order valence-corrected chi connectivity index (χ1v) is 6.55. The van der Waals surface area contributed by atoms with Crippen LogP contribution in [-0.2, 0) is 0 Å². The summed E-state index contributed by atoms with van der Waals surface area (Å²) in [5, 5.41) is 12.3. The van der Waals surface area contributed by atoms with Crippen LogP contribution in [-0.4, -0.2) is 16.1 Å². The molecular formula is C16H18N2O2. The van der Waals surface area contributed by atoms with Crippen molar-refractivity contribution in [1.82, 2.24) is 4.98 Å². The van der Waals surface area contributed by atoms with Crippen molar-refractivity contribution < 1.29 is 9.90 Å². The molecule has 0 bridgehead atoms. The molecule has 0 aliphatic heterocycles. The summed E-state index contributed by atoms with van der Waals surface area (Å²) >= 11 is 0. The number of carboxylic acid groups (broad SMARTS) is 1. The summed E-state index contributed by atoms with van der Waals surface area (Å²) in [4.78, 5) is 15.2. The monoisotopic (exact) mass is 270 g/mol. The molecule has 0 atom stereocenters. The lowest BCUT2D eigenvalue weighted by Gasteiger charge is -2.17. The molecule has 0 amide bonds. The van der Waals surface area contributed by atoms with Gasteiger partial charge in [0, 0.05) is 11.9 Å². The maximum atomic E-state index is 11.0. The number of carbonyl (C=O) groups is 1. The molecule has 0 saturated carbocycles. The molecule has 0 aliphatic rings. The zero-order valence-corrected chi connectivity index (χ0v) is 11.8. The highest BCUT2D eigenvalue weighted by Gasteiger charge is 2.11. The summed E-state index contributed by atoms with van der Waals surface area (Å²) < 4.78 is 0. The van der Waals surface area contributed by atoms with Gasteiger partial charge in [-0.25, -0.2) is 9.78 Å². The van der Waals surface area contributed by atoms with Crippen LogP contribution >= 0.6 is 0 Å². The number of aromatic nitrogens is 1. The van der Waals surface area contributed by atoms with Gasteiger partial charge in [0.25, 0.3) is 0 Å². The molecule has 0 unspecified atom stereocenters. The molecule has 0 aliphatic carbocycles. The van der Waals surface area contributed by atoms with E-state index in [0.29, 0.717) is 11.7 Å². The number of carboxylic acids is 1. The van der Waals surface area contributed by atoms with E-state index in [4.69, 9.17) is 5.11 Å². The summed E-state index contributed by atoms with van der Waals surface area (Å²) in [6.45, 7) is 6.28. The van der Waals surface area contributed by atoms with E-state index in [1.165, 1.54) is 17.8 Å². The second kappa shape index (κ2) is 5.74. The zero-order valence-electron chi connectivity index (χ0n) is 11.8. The highest BCUT2D eigenvalue weighted by molar-refractivity contribution is 5.88. The van der Waals surface area contributed by atoms with Crippen LogP contribution in [0, 0.1) is 6.92 Å². The third-order valence-electron chi connectivity index (χ3n) is 3.19. The second-order valence-corrected chi connectivity index (χ2v) is 5.05. The van der Waals surface area contributed by atoms with Crippen molar-refractivity contribution in [2.45, 2.75) is 26.7 Å². The molecule has 1 heterocycles. The van der Waals surface area contributed by atoms with Gasteiger partial charge in [0.2, 0.25) is 0 Å². The standard InChI is InChI=1S/C16H18N2O2/c1-10(2)13-6-4-5-11(3)15(13)18-14-9-12(16(19)20)7-8-17-14/h4-10H,1-3H3,(H,17,18)(H,19,20). The second-order valence-electron chi connectivity index (χ2n) is 5.05. The van der Waals surface area contributed by atoms with Gasteiger partial charge >= 0.3 is 5.97 Å². The minimum absolute atomic E-state index is 0.224. The fraction of sp³-hybridized carbons (Fsp3) is 0.250. The molecule has 0 saturated heterocycles. The molecule has 0 fully saturated rings. The third kappa shape index (κ3) is 2.96. The fourth-order valence-corrected chi connectivity index (χ4v) is 2.10. The summed E-state index contributed by atoms with van der Waals surface area (Å²) in [6, 6.07) is 9.14. The van der Waals surface area contributed by atoms with Gasteiger partial charge < -0.3 is 10.4 Å². The number of aryl methyl sites for hydroxylation is 1. The Kier molecular flexibility index (Phi) is 4.03. The Morgan fingerprint density at radius 1 is 1.30 bits per heavy atom. The van der Waals surface area contributed by atoms with Crippen LogP contribution in [0.15, 0.2) is 36.5 Å². The number of pyridine rings is 1. The summed E-state index contributed by atoms with van der Waals surface area (Å²) in [5.74, 6) is -0.0366. The van der Waals surface area contributed by atoms with Crippen molar-refractivity contribution in [2.24, 2.45) is 0 Å². The van der Waals surface area contributed by atoms with Gasteiger partial charge in [0.1, 0.15) is 5.82 Å². The van der Waals surface area contributed by atoms with Crippen LogP contribution in [0.3, 0.4) is 0 Å². The average Bonchev–Trinajstić information content (AvgIpc) is 2.41. The number of hydrogen-bond acceptors (Lipinski definition) is 3.